The normalized spacial score (nSPS) is 20.2. The van der Waals surface area contributed by atoms with Crippen LogP contribution >= 0.6 is 0 Å². The highest BCUT2D eigenvalue weighted by atomic mass is 32.2. The lowest BCUT2D eigenvalue weighted by molar-refractivity contribution is 0.0988. The Morgan fingerprint density at radius 2 is 1.88 bits per heavy atom. The van der Waals surface area contributed by atoms with E-state index < -0.39 is 38.7 Å². The average molecular weight is 458 g/mol. The van der Waals surface area contributed by atoms with Crippen molar-refractivity contribution in [2.75, 3.05) is 12.8 Å². The first kappa shape index (κ1) is 21.8. The summed E-state index contributed by atoms with van der Waals surface area (Å²) in [6, 6.07) is 11.2. The highest BCUT2D eigenvalue weighted by molar-refractivity contribution is 7.89. The fourth-order valence-electron chi connectivity index (χ4n) is 3.74. The second kappa shape index (κ2) is 7.63. The van der Waals surface area contributed by atoms with E-state index in [2.05, 4.69) is 9.98 Å². The number of hydrogen-bond acceptors (Lipinski definition) is 6. The van der Waals surface area contributed by atoms with E-state index in [1.165, 1.54) is 20.0 Å². The van der Waals surface area contributed by atoms with Gasteiger partial charge in [0, 0.05) is 30.6 Å². The summed E-state index contributed by atoms with van der Waals surface area (Å²) in [7, 11) is -2.65. The summed E-state index contributed by atoms with van der Waals surface area (Å²) in [5.41, 5.74) is 4.13. The number of sulfonamides is 1. The van der Waals surface area contributed by atoms with Crippen molar-refractivity contribution in [1.82, 2.24) is 9.29 Å². The number of Topliss-reactive ketones (excluding diaryl/α,β-unsaturated/α-hetero) is 1. The van der Waals surface area contributed by atoms with Gasteiger partial charge in [-0.3, -0.25) is 9.78 Å². The van der Waals surface area contributed by atoms with Gasteiger partial charge in [0.25, 0.3) is 0 Å². The smallest absolute Gasteiger partial charge is 0.239 e. The zero-order chi connectivity index (χ0) is 23.3. The fraction of sp³-hybridized carbons (Fsp3) is 0.227. The third kappa shape index (κ3) is 3.81. The summed E-state index contributed by atoms with van der Waals surface area (Å²) >= 11 is 0. The Bertz CT molecular complexity index is 1390. The number of hydrogen-bond donors (Lipinski definition) is 1. The van der Waals surface area contributed by atoms with Crippen LogP contribution in [0.4, 0.5) is 8.78 Å². The Labute approximate surface area is 183 Å². The van der Waals surface area contributed by atoms with Crippen LogP contribution in [0.3, 0.4) is 0 Å². The predicted octanol–water partition coefficient (Wildman–Crippen LogP) is 2.74. The number of nitrogens with zero attached hydrogens (tertiary/aromatic N) is 3. The monoisotopic (exact) mass is 458 g/mol. The number of ketones is 1. The number of carbonyl (C=O) groups is 1. The second-order valence-electron chi connectivity index (χ2n) is 7.92. The van der Waals surface area contributed by atoms with E-state index >= 15 is 0 Å². The van der Waals surface area contributed by atoms with Crippen molar-refractivity contribution in [1.29, 1.82) is 0 Å². The first-order valence-electron chi connectivity index (χ1n) is 9.68. The topological polar surface area (TPSA) is 106 Å². The standard InChI is InChI=1S/C22H20F2N4O3S/c1-22(12-32(30,31)28(2)21(25)27-22)16-7-13(8-17(23)20(16)24)9-19(29)18-10-14-5-3-4-6-15(14)11-26-18/h3-8,10-11H,9,12H2,1-2H3,(H2,25,27)/t22-/m0/s1. The van der Waals surface area contributed by atoms with Crippen molar-refractivity contribution in [3.05, 3.63) is 77.1 Å². The third-order valence-corrected chi connectivity index (χ3v) is 7.46. The van der Waals surface area contributed by atoms with Crippen molar-refractivity contribution < 1.29 is 22.0 Å². The third-order valence-electron chi connectivity index (χ3n) is 5.51. The molecular formula is C22H20F2N4O3S. The van der Waals surface area contributed by atoms with Crippen molar-refractivity contribution in [2.45, 2.75) is 18.9 Å². The van der Waals surface area contributed by atoms with E-state index in [1.807, 2.05) is 24.3 Å². The lowest BCUT2D eigenvalue weighted by Gasteiger charge is -2.34. The molecular weight excluding hydrogens is 438 g/mol. The molecule has 0 amide bonds. The Hall–Kier alpha value is -3.40. The molecule has 0 radical (unpaired) electrons. The number of halogens is 2. The number of pyridine rings is 1. The molecule has 1 aromatic heterocycles. The van der Waals surface area contributed by atoms with Gasteiger partial charge in [0.05, 0.1) is 5.75 Å². The molecule has 166 valence electrons. The first-order valence-corrected chi connectivity index (χ1v) is 11.3. The molecule has 0 bridgehead atoms. The highest BCUT2D eigenvalue weighted by Gasteiger charge is 2.42. The van der Waals surface area contributed by atoms with Crippen LogP contribution in [-0.4, -0.2) is 42.3 Å². The Kier molecular flexibility index (Phi) is 5.20. The predicted molar refractivity (Wildman–Crippen MR) is 117 cm³/mol. The van der Waals surface area contributed by atoms with Gasteiger partial charge >= 0.3 is 0 Å². The molecule has 2 N–H and O–H groups in total. The Morgan fingerprint density at radius 3 is 2.56 bits per heavy atom. The molecule has 1 aliphatic rings. The maximum Gasteiger partial charge on any atom is 0.239 e. The minimum absolute atomic E-state index is 0.171. The van der Waals surface area contributed by atoms with Crippen LogP contribution in [-0.2, 0) is 22.0 Å². The van der Waals surface area contributed by atoms with Crippen LogP contribution in [0.15, 0.2) is 53.7 Å². The van der Waals surface area contributed by atoms with Gasteiger partial charge in [0.2, 0.25) is 16.0 Å². The summed E-state index contributed by atoms with van der Waals surface area (Å²) in [5.74, 6) is -3.76. The van der Waals surface area contributed by atoms with E-state index in [0.717, 1.165) is 21.1 Å². The molecule has 0 unspecified atom stereocenters. The molecule has 10 heteroatoms. The van der Waals surface area contributed by atoms with Crippen LogP contribution in [0.5, 0.6) is 0 Å². The summed E-state index contributed by atoms with van der Waals surface area (Å²) in [5, 5.41) is 1.69. The quantitative estimate of drug-likeness (QED) is 0.605. The van der Waals surface area contributed by atoms with Crippen molar-refractivity contribution in [3.63, 3.8) is 0 Å². The van der Waals surface area contributed by atoms with Crippen LogP contribution in [0, 0.1) is 11.6 Å². The van der Waals surface area contributed by atoms with Crippen LogP contribution in [0.25, 0.3) is 10.8 Å². The summed E-state index contributed by atoms with van der Waals surface area (Å²) in [6.45, 7) is 1.36. The molecule has 0 fully saturated rings. The summed E-state index contributed by atoms with van der Waals surface area (Å²) < 4.78 is 54.8. The lowest BCUT2D eigenvalue weighted by atomic mass is 9.91. The van der Waals surface area contributed by atoms with E-state index in [9.17, 15) is 22.0 Å². The van der Waals surface area contributed by atoms with E-state index in [4.69, 9.17) is 5.73 Å². The maximum absolute atomic E-state index is 14.7. The highest BCUT2D eigenvalue weighted by Crippen LogP contribution is 2.35. The first-order chi connectivity index (χ1) is 15.0. The van der Waals surface area contributed by atoms with Gasteiger partial charge in [-0.1, -0.05) is 24.3 Å². The Balaban J connectivity index is 1.72. The second-order valence-corrected chi connectivity index (χ2v) is 9.92. The summed E-state index contributed by atoms with van der Waals surface area (Å²) in [4.78, 5) is 21.1. The minimum atomic E-state index is -3.88. The molecule has 1 atom stereocenters. The molecule has 1 aliphatic heterocycles. The minimum Gasteiger partial charge on any atom is -0.369 e. The molecule has 2 heterocycles. The van der Waals surface area contributed by atoms with Gasteiger partial charge in [-0.05, 0) is 36.1 Å². The van der Waals surface area contributed by atoms with Crippen LogP contribution < -0.4 is 5.73 Å². The van der Waals surface area contributed by atoms with Gasteiger partial charge in [-0.15, -0.1) is 0 Å². The van der Waals surface area contributed by atoms with Crippen molar-refractivity contribution in [3.8, 4) is 0 Å². The number of guanidine groups is 1. The molecule has 0 spiro atoms. The molecule has 32 heavy (non-hydrogen) atoms. The SMILES string of the molecule is CN1C(N)=N[C@](C)(c2cc(CC(=O)c3cc4ccccc4cn3)cc(F)c2F)CS1(=O)=O. The summed E-state index contributed by atoms with van der Waals surface area (Å²) in [6.07, 6.45) is 1.32. The van der Waals surface area contributed by atoms with Gasteiger partial charge in [0.1, 0.15) is 11.2 Å². The number of benzene rings is 2. The zero-order valence-corrected chi connectivity index (χ0v) is 18.2. The molecule has 3 aromatic rings. The molecule has 7 nitrogen and oxygen atoms in total. The molecule has 0 saturated carbocycles. The number of nitrogens with two attached hydrogens (primary N) is 1. The molecule has 2 aromatic carbocycles. The lowest BCUT2D eigenvalue weighted by Crippen LogP contribution is -2.50. The fourth-order valence-corrected chi connectivity index (χ4v) is 5.19. The average Bonchev–Trinajstić information content (AvgIpc) is 2.73. The van der Waals surface area contributed by atoms with Crippen molar-refractivity contribution >= 4 is 32.5 Å². The largest absolute Gasteiger partial charge is 0.369 e. The van der Waals surface area contributed by atoms with Gasteiger partial charge in [-0.25, -0.2) is 26.5 Å². The van der Waals surface area contributed by atoms with Gasteiger partial charge in [-0.2, -0.15) is 0 Å². The number of fused-ring (bicyclic) bond motifs is 1. The van der Waals surface area contributed by atoms with E-state index in [0.29, 0.717) is 0 Å². The Morgan fingerprint density at radius 1 is 1.19 bits per heavy atom. The molecule has 0 saturated heterocycles. The van der Waals surface area contributed by atoms with Crippen molar-refractivity contribution in [2.24, 2.45) is 10.7 Å². The number of aliphatic imine (C=N–C) groups is 1. The van der Waals surface area contributed by atoms with Crippen LogP contribution in [0.1, 0.15) is 28.5 Å². The van der Waals surface area contributed by atoms with E-state index in [1.54, 1.807) is 12.3 Å². The molecule has 0 aliphatic carbocycles. The number of rotatable bonds is 4. The van der Waals surface area contributed by atoms with Gasteiger partial charge in [0.15, 0.2) is 17.4 Å². The number of aromatic nitrogens is 1. The van der Waals surface area contributed by atoms with Crippen LogP contribution in [0.2, 0.25) is 0 Å². The zero-order valence-electron chi connectivity index (χ0n) is 17.3. The van der Waals surface area contributed by atoms with Gasteiger partial charge < -0.3 is 5.73 Å². The maximum atomic E-state index is 14.7. The number of carbonyl (C=O) groups excluding carboxylic acids is 1. The molecule has 4 rings (SSSR count). The van der Waals surface area contributed by atoms with E-state index in [-0.39, 0.29) is 29.2 Å².